The monoisotopic (exact) mass is 495 g/mol. The molecule has 0 saturated carbocycles. The molecule has 4 heterocycles. The summed E-state index contributed by atoms with van der Waals surface area (Å²) < 4.78 is 6.62. The van der Waals surface area contributed by atoms with Crippen LogP contribution in [-0.4, -0.2) is 52.1 Å². The Balaban J connectivity index is 1.24. The number of H-pyrrole nitrogens is 1. The number of thiophene rings is 1. The van der Waals surface area contributed by atoms with Crippen molar-refractivity contribution in [2.24, 2.45) is 5.92 Å². The van der Waals surface area contributed by atoms with Crippen LogP contribution in [0.4, 0.5) is 11.5 Å². The first-order chi connectivity index (χ1) is 16.5. The molecule has 1 fully saturated rings. The molecule has 1 saturated heterocycles. The molecule has 176 valence electrons. The Morgan fingerprint density at radius 3 is 3.06 bits per heavy atom. The SMILES string of the molecule is CN(CC1CCCO1)C(=O)C1CCc2c(sc3ncnc(Nc4ccc5[nH]c(=O)sc5c4)c23)C1. The van der Waals surface area contributed by atoms with Crippen LogP contribution in [0.1, 0.15) is 29.7 Å². The van der Waals surface area contributed by atoms with Crippen molar-refractivity contribution < 1.29 is 9.53 Å². The lowest BCUT2D eigenvalue weighted by Gasteiger charge is -2.28. The maximum absolute atomic E-state index is 13.1. The number of hydrogen-bond donors (Lipinski definition) is 2. The first-order valence-corrected chi connectivity index (χ1v) is 13.2. The molecular formula is C24H25N5O3S2. The van der Waals surface area contributed by atoms with E-state index in [2.05, 4.69) is 20.3 Å². The maximum atomic E-state index is 13.1. The number of carbonyl (C=O) groups excluding carboxylic acids is 1. The third kappa shape index (κ3) is 3.99. The summed E-state index contributed by atoms with van der Waals surface area (Å²) in [6.45, 7) is 1.48. The third-order valence-electron chi connectivity index (χ3n) is 6.76. The maximum Gasteiger partial charge on any atom is 0.305 e. The Hall–Kier alpha value is -2.82. The molecule has 2 N–H and O–H groups in total. The van der Waals surface area contributed by atoms with E-state index in [9.17, 15) is 9.59 Å². The van der Waals surface area contributed by atoms with Crippen LogP contribution in [0.5, 0.6) is 0 Å². The Morgan fingerprint density at radius 2 is 2.21 bits per heavy atom. The molecule has 0 spiro atoms. The van der Waals surface area contributed by atoms with Gasteiger partial charge in [-0.05, 0) is 55.9 Å². The van der Waals surface area contributed by atoms with Gasteiger partial charge in [0.1, 0.15) is 17.0 Å². The van der Waals surface area contributed by atoms with E-state index in [1.54, 1.807) is 17.7 Å². The number of aryl methyl sites for hydroxylation is 1. The van der Waals surface area contributed by atoms with Crippen molar-refractivity contribution >= 4 is 60.5 Å². The number of ether oxygens (including phenoxy) is 1. The highest BCUT2D eigenvalue weighted by Crippen LogP contribution is 2.41. The second-order valence-corrected chi connectivity index (χ2v) is 11.1. The summed E-state index contributed by atoms with van der Waals surface area (Å²) in [4.78, 5) is 40.7. The summed E-state index contributed by atoms with van der Waals surface area (Å²) in [6.07, 6.45) is 6.27. The Labute approximate surface area is 204 Å². The van der Waals surface area contributed by atoms with Gasteiger partial charge in [-0.15, -0.1) is 11.3 Å². The number of anilines is 2. The summed E-state index contributed by atoms with van der Waals surface area (Å²) in [5.74, 6) is 0.974. The standard InChI is InChI=1S/C24H25N5O3S2/c1-29(11-15-3-2-8-32-15)23(30)13-4-6-16-18(9-13)33-22-20(16)21(25-12-26-22)27-14-5-7-17-19(10-14)34-24(31)28-17/h5,7,10,12-13,15H,2-4,6,8-9,11H2,1H3,(H,28,31)(H,25,26,27). The molecule has 1 amide bonds. The highest BCUT2D eigenvalue weighted by atomic mass is 32.1. The summed E-state index contributed by atoms with van der Waals surface area (Å²) in [5.41, 5.74) is 2.96. The van der Waals surface area contributed by atoms with Gasteiger partial charge in [0, 0.05) is 36.7 Å². The molecule has 1 aliphatic heterocycles. The van der Waals surface area contributed by atoms with Gasteiger partial charge in [-0.25, -0.2) is 9.97 Å². The van der Waals surface area contributed by atoms with Crippen molar-refractivity contribution in [1.29, 1.82) is 0 Å². The molecule has 3 aromatic heterocycles. The van der Waals surface area contributed by atoms with Crippen molar-refractivity contribution in [3.05, 3.63) is 44.6 Å². The summed E-state index contributed by atoms with van der Waals surface area (Å²) >= 11 is 2.86. The van der Waals surface area contributed by atoms with Gasteiger partial charge in [-0.2, -0.15) is 0 Å². The second-order valence-electron chi connectivity index (χ2n) is 9.05. The van der Waals surface area contributed by atoms with E-state index >= 15 is 0 Å². The topological polar surface area (TPSA) is 100 Å². The number of rotatable bonds is 5. The minimum atomic E-state index is -0.0611. The van der Waals surface area contributed by atoms with Crippen LogP contribution in [0.15, 0.2) is 29.3 Å². The van der Waals surface area contributed by atoms with Gasteiger partial charge in [0.05, 0.1) is 21.7 Å². The quantitative estimate of drug-likeness (QED) is 0.433. The molecule has 2 atom stereocenters. The van der Waals surface area contributed by atoms with Crippen LogP contribution >= 0.6 is 22.7 Å². The number of aromatic amines is 1. The van der Waals surface area contributed by atoms with Crippen molar-refractivity contribution in [2.75, 3.05) is 25.5 Å². The van der Waals surface area contributed by atoms with Gasteiger partial charge in [0.25, 0.3) is 0 Å². The highest BCUT2D eigenvalue weighted by Gasteiger charge is 2.31. The number of aromatic nitrogens is 3. The minimum absolute atomic E-state index is 0.00453. The van der Waals surface area contributed by atoms with Gasteiger partial charge in [-0.1, -0.05) is 11.3 Å². The van der Waals surface area contributed by atoms with Crippen LogP contribution in [0.3, 0.4) is 0 Å². The number of fused-ring (bicyclic) bond motifs is 4. The van der Waals surface area contributed by atoms with Crippen LogP contribution in [0.25, 0.3) is 20.4 Å². The van der Waals surface area contributed by atoms with Crippen LogP contribution in [0.2, 0.25) is 0 Å². The zero-order valence-corrected chi connectivity index (χ0v) is 20.4. The molecule has 0 bridgehead atoms. The Kier molecular flexibility index (Phi) is 5.59. The summed E-state index contributed by atoms with van der Waals surface area (Å²) in [6, 6.07) is 5.81. The number of likely N-dealkylation sites (N-methyl/N-ethyl adjacent to an activating group) is 1. The lowest BCUT2D eigenvalue weighted by Crippen LogP contribution is -2.39. The zero-order chi connectivity index (χ0) is 23.2. The lowest BCUT2D eigenvalue weighted by atomic mass is 9.87. The molecule has 8 nitrogen and oxygen atoms in total. The third-order valence-corrected chi connectivity index (χ3v) is 8.76. The van der Waals surface area contributed by atoms with Gasteiger partial charge < -0.3 is 19.9 Å². The average Bonchev–Trinajstić information content (AvgIpc) is 3.55. The molecule has 2 aliphatic rings. The highest BCUT2D eigenvalue weighted by molar-refractivity contribution is 7.19. The van der Waals surface area contributed by atoms with Crippen LogP contribution in [0, 0.1) is 5.92 Å². The van der Waals surface area contributed by atoms with Gasteiger partial charge >= 0.3 is 4.87 Å². The van der Waals surface area contributed by atoms with E-state index < -0.39 is 0 Å². The molecule has 1 aromatic carbocycles. The fourth-order valence-corrected chi connectivity index (χ4v) is 7.11. The average molecular weight is 496 g/mol. The largest absolute Gasteiger partial charge is 0.376 e. The van der Waals surface area contributed by atoms with Crippen molar-refractivity contribution in [3.8, 4) is 0 Å². The number of hydrogen-bond acceptors (Lipinski definition) is 8. The number of amides is 1. The van der Waals surface area contributed by atoms with Gasteiger partial charge in [-0.3, -0.25) is 9.59 Å². The summed E-state index contributed by atoms with van der Waals surface area (Å²) in [5, 5.41) is 4.48. The number of nitrogens with zero attached hydrogens (tertiary/aromatic N) is 3. The zero-order valence-electron chi connectivity index (χ0n) is 18.8. The Bertz CT molecular complexity index is 1440. The number of nitrogens with one attached hydrogen (secondary N) is 2. The number of benzene rings is 1. The molecular weight excluding hydrogens is 470 g/mol. The van der Waals surface area contributed by atoms with Crippen molar-refractivity contribution in [1.82, 2.24) is 19.9 Å². The molecule has 1 aliphatic carbocycles. The first kappa shape index (κ1) is 21.7. The van der Waals surface area contributed by atoms with Crippen molar-refractivity contribution in [3.63, 3.8) is 0 Å². The van der Waals surface area contributed by atoms with Crippen molar-refractivity contribution in [2.45, 2.75) is 38.2 Å². The van der Waals surface area contributed by atoms with E-state index in [-0.39, 0.29) is 22.8 Å². The van der Waals surface area contributed by atoms with Crippen LogP contribution < -0.4 is 10.2 Å². The fraction of sp³-hybridized carbons (Fsp3) is 0.417. The fourth-order valence-electron chi connectivity index (χ4n) is 5.07. The first-order valence-electron chi connectivity index (χ1n) is 11.6. The van der Waals surface area contributed by atoms with Gasteiger partial charge in [0.15, 0.2) is 0 Å². The molecule has 34 heavy (non-hydrogen) atoms. The predicted octanol–water partition coefficient (Wildman–Crippen LogP) is 4.08. The van der Waals surface area contributed by atoms with E-state index in [0.717, 1.165) is 70.6 Å². The number of carbonyl (C=O) groups is 1. The predicted molar refractivity (Wildman–Crippen MR) is 135 cm³/mol. The molecule has 6 rings (SSSR count). The van der Waals surface area contributed by atoms with E-state index in [1.165, 1.54) is 21.8 Å². The second kappa shape index (κ2) is 8.75. The Morgan fingerprint density at radius 1 is 1.29 bits per heavy atom. The van der Waals surface area contributed by atoms with E-state index in [0.29, 0.717) is 6.54 Å². The van der Waals surface area contributed by atoms with E-state index in [4.69, 9.17) is 4.74 Å². The lowest BCUT2D eigenvalue weighted by molar-refractivity contribution is -0.135. The minimum Gasteiger partial charge on any atom is -0.376 e. The molecule has 10 heteroatoms. The molecule has 4 aromatic rings. The molecule has 0 radical (unpaired) electrons. The summed E-state index contributed by atoms with van der Waals surface area (Å²) in [7, 11) is 1.90. The normalized spacial score (nSPS) is 20.0. The van der Waals surface area contributed by atoms with E-state index in [1.807, 2.05) is 30.1 Å². The smallest absolute Gasteiger partial charge is 0.305 e. The van der Waals surface area contributed by atoms with Gasteiger partial charge in [0.2, 0.25) is 5.91 Å². The van der Waals surface area contributed by atoms with Crippen LogP contribution in [-0.2, 0) is 22.4 Å². The molecule has 2 unspecified atom stereocenters. The number of thiazole rings is 1.